The average Bonchev–Trinajstić information content (AvgIpc) is 2.73. The van der Waals surface area contributed by atoms with Crippen LogP contribution < -0.4 is 16.0 Å². The highest BCUT2D eigenvalue weighted by molar-refractivity contribution is 7.89. The summed E-state index contributed by atoms with van der Waals surface area (Å²) in [5, 5.41) is 9.02. The highest BCUT2D eigenvalue weighted by Gasteiger charge is 2.25. The van der Waals surface area contributed by atoms with Gasteiger partial charge in [0.2, 0.25) is 26.0 Å². The minimum absolute atomic E-state index is 0.0277. The molecule has 1 fully saturated rings. The Balaban J connectivity index is 1.69. The van der Waals surface area contributed by atoms with E-state index < -0.39 is 25.6 Å². The lowest BCUT2D eigenvalue weighted by Gasteiger charge is -2.30. The van der Waals surface area contributed by atoms with Gasteiger partial charge in [-0.15, -0.1) is 0 Å². The molecule has 0 radical (unpaired) electrons. The fraction of sp³-hybridized carbons (Fsp3) is 0.316. The molecular weight excluding hydrogens is 456 g/mol. The van der Waals surface area contributed by atoms with Crippen molar-refractivity contribution in [3.8, 4) is 5.69 Å². The highest BCUT2D eigenvalue weighted by Crippen LogP contribution is 2.20. The number of hydrogen-bond acceptors (Lipinski definition) is 8. The van der Waals surface area contributed by atoms with E-state index in [9.17, 15) is 21.6 Å². The van der Waals surface area contributed by atoms with E-state index >= 15 is 0 Å². The van der Waals surface area contributed by atoms with Crippen LogP contribution in [0.1, 0.15) is 12.8 Å². The van der Waals surface area contributed by atoms with Crippen LogP contribution in [0.15, 0.2) is 52.3 Å². The van der Waals surface area contributed by atoms with Crippen LogP contribution in [0, 0.1) is 0 Å². The fourth-order valence-electron chi connectivity index (χ4n) is 3.65. The lowest BCUT2D eigenvalue weighted by atomic mass is 10.1. The third kappa shape index (κ3) is 4.65. The van der Waals surface area contributed by atoms with Crippen molar-refractivity contribution in [3.63, 3.8) is 0 Å². The maximum atomic E-state index is 12.7. The van der Waals surface area contributed by atoms with Crippen molar-refractivity contribution in [2.75, 3.05) is 24.7 Å². The fourth-order valence-corrected chi connectivity index (χ4v) is 5.08. The Kier molecular flexibility index (Phi) is 5.75. The molecule has 1 saturated heterocycles. The summed E-state index contributed by atoms with van der Waals surface area (Å²) in [4.78, 5) is 21.3. The van der Waals surface area contributed by atoms with Gasteiger partial charge in [-0.2, -0.15) is 4.98 Å². The molecule has 3 N–H and O–H groups in total. The zero-order valence-electron chi connectivity index (χ0n) is 17.2. The first-order valence-corrected chi connectivity index (χ1v) is 13.2. The molecule has 0 aliphatic carbocycles. The maximum Gasteiger partial charge on any atom is 0.256 e. The van der Waals surface area contributed by atoms with Crippen LogP contribution in [0.4, 0.5) is 5.95 Å². The van der Waals surface area contributed by atoms with Gasteiger partial charge in [-0.05, 0) is 37.1 Å². The predicted molar refractivity (Wildman–Crippen MR) is 120 cm³/mol. The van der Waals surface area contributed by atoms with Crippen LogP contribution in [-0.2, 0) is 20.0 Å². The second kappa shape index (κ2) is 8.24. The van der Waals surface area contributed by atoms with Gasteiger partial charge in [0.15, 0.2) is 5.65 Å². The molecule has 32 heavy (non-hydrogen) atoms. The van der Waals surface area contributed by atoms with E-state index in [-0.39, 0.29) is 16.9 Å². The Hall–Kier alpha value is -2.87. The van der Waals surface area contributed by atoms with Crippen molar-refractivity contribution < 1.29 is 16.8 Å². The second-order valence-electron chi connectivity index (χ2n) is 7.60. The van der Waals surface area contributed by atoms with E-state index in [0.717, 1.165) is 0 Å². The van der Waals surface area contributed by atoms with Gasteiger partial charge in [-0.1, -0.05) is 6.07 Å². The molecule has 3 aromatic rings. The van der Waals surface area contributed by atoms with Gasteiger partial charge < -0.3 is 5.32 Å². The van der Waals surface area contributed by atoms with E-state index in [1.165, 1.54) is 39.4 Å². The summed E-state index contributed by atoms with van der Waals surface area (Å²) in [5.41, 5.74) is 0.212. The highest BCUT2D eigenvalue weighted by atomic mass is 32.2. The number of anilines is 1. The smallest absolute Gasteiger partial charge is 0.256 e. The normalized spacial score (nSPS) is 16.3. The van der Waals surface area contributed by atoms with Gasteiger partial charge >= 0.3 is 0 Å². The first-order valence-electron chi connectivity index (χ1n) is 9.76. The summed E-state index contributed by atoms with van der Waals surface area (Å²) in [7, 11) is -7.17. The lowest BCUT2D eigenvalue weighted by molar-refractivity contribution is 0.331. The number of nitrogens with two attached hydrogens (primary N) is 1. The molecule has 0 saturated carbocycles. The maximum absolute atomic E-state index is 12.7. The Bertz CT molecular complexity index is 1440. The Morgan fingerprint density at radius 2 is 1.81 bits per heavy atom. The molecule has 1 aromatic carbocycles. The lowest BCUT2D eigenvalue weighted by Crippen LogP contribution is -2.42. The number of sulfonamides is 2. The number of nitrogens with zero attached hydrogens (tertiary/aromatic N) is 4. The Morgan fingerprint density at radius 1 is 1.09 bits per heavy atom. The quantitative estimate of drug-likeness (QED) is 0.529. The minimum atomic E-state index is -3.95. The van der Waals surface area contributed by atoms with Gasteiger partial charge in [-0.3, -0.25) is 9.36 Å². The summed E-state index contributed by atoms with van der Waals surface area (Å²) >= 11 is 0. The van der Waals surface area contributed by atoms with Crippen molar-refractivity contribution in [2.45, 2.75) is 23.8 Å². The summed E-state index contributed by atoms with van der Waals surface area (Å²) < 4.78 is 49.6. The number of primary sulfonamides is 1. The van der Waals surface area contributed by atoms with Crippen LogP contribution in [0.3, 0.4) is 0 Å². The van der Waals surface area contributed by atoms with Crippen molar-refractivity contribution in [1.82, 2.24) is 18.8 Å². The molecule has 1 aliphatic rings. The summed E-state index contributed by atoms with van der Waals surface area (Å²) in [5.74, 6) is 0.289. The number of aromatic nitrogens is 3. The van der Waals surface area contributed by atoms with E-state index in [4.69, 9.17) is 5.14 Å². The molecule has 2 aromatic heterocycles. The molecule has 11 nitrogen and oxygen atoms in total. The van der Waals surface area contributed by atoms with Crippen molar-refractivity contribution >= 4 is 37.0 Å². The van der Waals surface area contributed by atoms with Gasteiger partial charge in [0.05, 0.1) is 16.8 Å². The van der Waals surface area contributed by atoms with E-state index in [2.05, 4.69) is 15.3 Å². The second-order valence-corrected chi connectivity index (χ2v) is 11.1. The number of rotatable bonds is 5. The average molecular weight is 479 g/mol. The molecule has 1 aliphatic heterocycles. The molecule has 170 valence electrons. The zero-order valence-corrected chi connectivity index (χ0v) is 18.8. The van der Waals surface area contributed by atoms with Gasteiger partial charge in [-0.25, -0.2) is 31.3 Å². The van der Waals surface area contributed by atoms with Gasteiger partial charge in [0.25, 0.3) is 5.56 Å². The molecule has 4 rings (SSSR count). The zero-order chi connectivity index (χ0) is 23.1. The van der Waals surface area contributed by atoms with E-state index in [1.807, 2.05) is 0 Å². The number of pyridine rings is 1. The number of piperidine rings is 1. The SMILES string of the molecule is CS(=O)(=O)N1CCC(Nc2ncc3ccc(=O)n(-c4cccc(S(N)(=O)=O)c4)c3n2)CC1. The largest absolute Gasteiger partial charge is 0.351 e. The number of nitrogens with one attached hydrogen (secondary N) is 1. The predicted octanol–water partition coefficient (Wildman–Crippen LogP) is 0.264. The van der Waals surface area contributed by atoms with Crippen LogP contribution in [0.2, 0.25) is 0 Å². The van der Waals surface area contributed by atoms with Gasteiger partial charge in [0.1, 0.15) is 0 Å². The minimum Gasteiger partial charge on any atom is -0.351 e. The van der Waals surface area contributed by atoms with Crippen LogP contribution >= 0.6 is 0 Å². The van der Waals surface area contributed by atoms with Crippen LogP contribution in [0.5, 0.6) is 0 Å². The molecular formula is C19H22N6O5S2. The summed E-state index contributed by atoms with van der Waals surface area (Å²) in [6.07, 6.45) is 3.94. The van der Waals surface area contributed by atoms with Crippen LogP contribution in [0.25, 0.3) is 16.7 Å². The van der Waals surface area contributed by atoms with Gasteiger partial charge in [0, 0.05) is 36.8 Å². The molecule has 13 heteroatoms. The molecule has 0 amide bonds. The van der Waals surface area contributed by atoms with Crippen molar-refractivity contribution in [2.24, 2.45) is 5.14 Å². The monoisotopic (exact) mass is 478 g/mol. The topological polar surface area (TPSA) is 157 Å². The standard InChI is InChI=1S/C19H22N6O5S2/c1-31(27,28)24-9-7-14(8-10-24)22-19-21-12-13-5-6-17(26)25(18(13)23-19)15-3-2-4-16(11-15)32(20,29)30/h2-6,11-12,14H,7-10H2,1H3,(H2,20,29,30)(H,21,22,23). The first kappa shape index (κ1) is 22.3. The number of fused-ring (bicyclic) bond motifs is 1. The third-order valence-electron chi connectivity index (χ3n) is 5.29. The van der Waals surface area contributed by atoms with E-state index in [0.29, 0.717) is 42.7 Å². The first-order chi connectivity index (χ1) is 15.0. The third-order valence-corrected chi connectivity index (χ3v) is 7.51. The molecule has 0 atom stereocenters. The van der Waals surface area contributed by atoms with Crippen LogP contribution in [-0.4, -0.2) is 61.1 Å². The molecule has 0 bridgehead atoms. The Labute approximate surface area is 185 Å². The van der Waals surface area contributed by atoms with Crippen molar-refractivity contribution in [1.29, 1.82) is 0 Å². The molecule has 0 unspecified atom stereocenters. The number of benzene rings is 1. The summed E-state index contributed by atoms with van der Waals surface area (Å²) in [6.45, 7) is 0.796. The number of hydrogen-bond donors (Lipinski definition) is 2. The molecule has 3 heterocycles. The summed E-state index contributed by atoms with van der Waals surface area (Å²) in [6, 6.07) is 8.66. The van der Waals surface area contributed by atoms with Crippen molar-refractivity contribution in [3.05, 3.63) is 52.9 Å². The van der Waals surface area contributed by atoms with E-state index in [1.54, 1.807) is 18.3 Å². The molecule has 0 spiro atoms. The Morgan fingerprint density at radius 3 is 2.47 bits per heavy atom.